The predicted molar refractivity (Wildman–Crippen MR) is 83.4 cm³/mol. The molecule has 1 aromatic rings. The number of rotatable bonds is 4. The van der Waals surface area contributed by atoms with Crippen molar-refractivity contribution in [1.82, 2.24) is 4.90 Å². The molecule has 0 radical (unpaired) electrons. The maximum Gasteiger partial charge on any atom is 0.0672 e. The van der Waals surface area contributed by atoms with E-state index in [2.05, 4.69) is 62.2 Å². The van der Waals surface area contributed by atoms with Crippen LogP contribution in [0.2, 0.25) is 0 Å². The summed E-state index contributed by atoms with van der Waals surface area (Å²) in [6.45, 7) is 4.49. The highest BCUT2D eigenvalue weighted by atomic mass is 15.2. The molecule has 0 aliphatic heterocycles. The molecule has 0 amide bonds. The zero-order valence-corrected chi connectivity index (χ0v) is 12.9. The number of nitriles is 1. The molecule has 1 aliphatic carbocycles. The Morgan fingerprint density at radius 3 is 2.60 bits per heavy atom. The minimum Gasteiger partial charge on any atom is -0.299 e. The van der Waals surface area contributed by atoms with Gasteiger partial charge in [-0.25, -0.2) is 0 Å². The first-order valence-electron chi connectivity index (χ1n) is 7.83. The van der Waals surface area contributed by atoms with Gasteiger partial charge in [-0.05, 0) is 51.1 Å². The van der Waals surface area contributed by atoms with Gasteiger partial charge in [0, 0.05) is 12.1 Å². The molecule has 0 aromatic heterocycles. The second kappa shape index (κ2) is 6.90. The molecule has 0 saturated heterocycles. The van der Waals surface area contributed by atoms with Crippen molar-refractivity contribution in [2.24, 2.45) is 5.92 Å². The third kappa shape index (κ3) is 3.22. The van der Waals surface area contributed by atoms with E-state index < -0.39 is 0 Å². The molecule has 1 aliphatic rings. The van der Waals surface area contributed by atoms with E-state index in [1.165, 1.54) is 5.56 Å². The van der Waals surface area contributed by atoms with Crippen LogP contribution in [0.1, 0.15) is 51.0 Å². The van der Waals surface area contributed by atoms with Crippen molar-refractivity contribution in [2.45, 2.75) is 57.5 Å². The highest BCUT2D eigenvalue weighted by Crippen LogP contribution is 2.38. The monoisotopic (exact) mass is 270 g/mol. The molecule has 0 heterocycles. The van der Waals surface area contributed by atoms with Gasteiger partial charge >= 0.3 is 0 Å². The van der Waals surface area contributed by atoms with E-state index in [0.717, 1.165) is 25.7 Å². The SMILES string of the molecule is CCC(C)N(C)C1CC(c2ccccc2)CCC1C#N. The first-order chi connectivity index (χ1) is 9.67. The van der Waals surface area contributed by atoms with Crippen molar-refractivity contribution in [3.63, 3.8) is 0 Å². The van der Waals surface area contributed by atoms with Crippen LogP contribution in [0.4, 0.5) is 0 Å². The van der Waals surface area contributed by atoms with E-state index in [1.807, 2.05) is 0 Å². The fourth-order valence-corrected chi connectivity index (χ4v) is 3.39. The largest absolute Gasteiger partial charge is 0.299 e. The molecule has 108 valence electrons. The highest BCUT2D eigenvalue weighted by Gasteiger charge is 2.34. The maximum atomic E-state index is 9.44. The Hall–Kier alpha value is -1.33. The second-order valence-electron chi connectivity index (χ2n) is 6.15. The van der Waals surface area contributed by atoms with Crippen LogP contribution in [0, 0.1) is 17.2 Å². The zero-order valence-electron chi connectivity index (χ0n) is 12.9. The molecule has 0 bridgehead atoms. The third-order valence-electron chi connectivity index (χ3n) is 5.06. The molecule has 2 nitrogen and oxygen atoms in total. The van der Waals surface area contributed by atoms with E-state index in [1.54, 1.807) is 0 Å². The number of hydrogen-bond donors (Lipinski definition) is 0. The number of hydrogen-bond acceptors (Lipinski definition) is 2. The molecule has 1 saturated carbocycles. The molecule has 0 N–H and O–H groups in total. The third-order valence-corrected chi connectivity index (χ3v) is 5.06. The van der Waals surface area contributed by atoms with E-state index in [4.69, 9.17) is 0 Å². The van der Waals surface area contributed by atoms with Crippen molar-refractivity contribution >= 4 is 0 Å². The van der Waals surface area contributed by atoms with Gasteiger partial charge in [0.05, 0.1) is 12.0 Å². The summed E-state index contributed by atoms with van der Waals surface area (Å²) in [5, 5.41) is 9.44. The van der Waals surface area contributed by atoms with Gasteiger partial charge in [0.1, 0.15) is 0 Å². The molecule has 4 atom stereocenters. The van der Waals surface area contributed by atoms with Gasteiger partial charge < -0.3 is 0 Å². The zero-order chi connectivity index (χ0) is 14.5. The molecule has 0 spiro atoms. The Balaban J connectivity index is 2.14. The van der Waals surface area contributed by atoms with Crippen molar-refractivity contribution in [1.29, 1.82) is 5.26 Å². The first-order valence-corrected chi connectivity index (χ1v) is 7.83. The average Bonchev–Trinajstić information content (AvgIpc) is 2.53. The second-order valence-corrected chi connectivity index (χ2v) is 6.15. The van der Waals surface area contributed by atoms with Crippen LogP contribution < -0.4 is 0 Å². The fraction of sp³-hybridized carbons (Fsp3) is 0.611. The number of nitrogens with zero attached hydrogens (tertiary/aromatic N) is 2. The normalized spacial score (nSPS) is 28.1. The first kappa shape index (κ1) is 15.1. The van der Waals surface area contributed by atoms with Gasteiger partial charge in [0.25, 0.3) is 0 Å². The predicted octanol–water partition coefficient (Wildman–Crippen LogP) is 4.19. The summed E-state index contributed by atoms with van der Waals surface area (Å²) in [4.78, 5) is 2.43. The van der Waals surface area contributed by atoms with Crippen LogP contribution in [-0.2, 0) is 0 Å². The average molecular weight is 270 g/mol. The van der Waals surface area contributed by atoms with Gasteiger partial charge in [-0.15, -0.1) is 0 Å². The molecule has 1 aromatic carbocycles. The van der Waals surface area contributed by atoms with Gasteiger partial charge in [0.2, 0.25) is 0 Å². The lowest BCUT2D eigenvalue weighted by Crippen LogP contribution is -2.45. The standard InChI is InChI=1S/C18H26N2/c1-4-14(2)20(3)18-12-16(10-11-17(18)13-19)15-8-6-5-7-9-15/h5-9,14,16-18H,4,10-12H2,1-3H3. The minimum atomic E-state index is 0.189. The molecular weight excluding hydrogens is 244 g/mol. The van der Waals surface area contributed by atoms with E-state index in [-0.39, 0.29) is 5.92 Å². The van der Waals surface area contributed by atoms with E-state index >= 15 is 0 Å². The molecule has 4 unspecified atom stereocenters. The van der Waals surface area contributed by atoms with Gasteiger partial charge in [-0.2, -0.15) is 5.26 Å². The highest BCUT2D eigenvalue weighted by molar-refractivity contribution is 5.21. The smallest absolute Gasteiger partial charge is 0.0672 e. The topological polar surface area (TPSA) is 27.0 Å². The molecule has 2 rings (SSSR count). The molecule has 20 heavy (non-hydrogen) atoms. The summed E-state index contributed by atoms with van der Waals surface area (Å²) >= 11 is 0. The van der Waals surface area contributed by atoms with Crippen LogP contribution >= 0.6 is 0 Å². The van der Waals surface area contributed by atoms with Crippen LogP contribution in [-0.4, -0.2) is 24.0 Å². The molecule has 1 fully saturated rings. The van der Waals surface area contributed by atoms with Gasteiger partial charge in [0.15, 0.2) is 0 Å². The number of benzene rings is 1. The minimum absolute atomic E-state index is 0.189. The van der Waals surface area contributed by atoms with Crippen LogP contribution in [0.5, 0.6) is 0 Å². The quantitative estimate of drug-likeness (QED) is 0.820. The van der Waals surface area contributed by atoms with Gasteiger partial charge in [-0.1, -0.05) is 37.3 Å². The van der Waals surface area contributed by atoms with E-state index in [9.17, 15) is 5.26 Å². The van der Waals surface area contributed by atoms with Gasteiger partial charge in [-0.3, -0.25) is 4.90 Å². The Morgan fingerprint density at radius 2 is 2.00 bits per heavy atom. The summed E-state index contributed by atoms with van der Waals surface area (Å²) in [6, 6.07) is 14.3. The van der Waals surface area contributed by atoms with Crippen molar-refractivity contribution in [2.75, 3.05) is 7.05 Å². The molecule has 2 heteroatoms. The Bertz CT molecular complexity index is 448. The Morgan fingerprint density at radius 1 is 1.30 bits per heavy atom. The summed E-state index contributed by atoms with van der Waals surface area (Å²) in [5.41, 5.74) is 1.44. The van der Waals surface area contributed by atoms with Crippen molar-refractivity contribution in [3.05, 3.63) is 35.9 Å². The van der Waals surface area contributed by atoms with E-state index in [0.29, 0.717) is 18.0 Å². The summed E-state index contributed by atoms with van der Waals surface area (Å²) < 4.78 is 0. The molecular formula is C18H26N2. The summed E-state index contributed by atoms with van der Waals surface area (Å²) in [6.07, 6.45) is 4.43. The lowest BCUT2D eigenvalue weighted by molar-refractivity contribution is 0.107. The maximum absolute atomic E-state index is 9.44. The summed E-state index contributed by atoms with van der Waals surface area (Å²) in [5.74, 6) is 0.797. The fourth-order valence-electron chi connectivity index (χ4n) is 3.39. The lowest BCUT2D eigenvalue weighted by atomic mass is 9.75. The summed E-state index contributed by atoms with van der Waals surface area (Å²) in [7, 11) is 2.19. The van der Waals surface area contributed by atoms with Crippen LogP contribution in [0.15, 0.2) is 30.3 Å². The van der Waals surface area contributed by atoms with Crippen LogP contribution in [0.3, 0.4) is 0 Å². The van der Waals surface area contributed by atoms with Crippen LogP contribution in [0.25, 0.3) is 0 Å². The van der Waals surface area contributed by atoms with Crippen molar-refractivity contribution in [3.8, 4) is 6.07 Å². The Labute approximate surface area is 123 Å². The Kier molecular flexibility index (Phi) is 5.20. The van der Waals surface area contributed by atoms with Crippen molar-refractivity contribution < 1.29 is 0 Å². The lowest BCUT2D eigenvalue weighted by Gasteiger charge is -2.41.